The molecular weight excluding hydrogens is 444 g/mol. The second-order valence-corrected chi connectivity index (χ2v) is 15.1. The van der Waals surface area contributed by atoms with E-state index in [1.807, 2.05) is 0 Å². The van der Waals surface area contributed by atoms with E-state index in [2.05, 4.69) is 81.4 Å². The molecule has 2 aliphatic rings. The Balaban J connectivity index is 1.52. The molecule has 2 aliphatic heterocycles. The van der Waals surface area contributed by atoms with Crippen molar-refractivity contribution < 1.29 is 24.1 Å². The lowest BCUT2D eigenvalue weighted by Gasteiger charge is -2.44. The van der Waals surface area contributed by atoms with Gasteiger partial charge in [0.2, 0.25) is 0 Å². The first-order valence-corrected chi connectivity index (χ1v) is 14.6. The Morgan fingerprint density at radius 1 is 0.912 bits per heavy atom. The third-order valence-corrected chi connectivity index (χ3v) is 12.6. The van der Waals surface area contributed by atoms with Crippen LogP contribution < -0.4 is 10.4 Å². The van der Waals surface area contributed by atoms with E-state index in [9.17, 15) is 10.2 Å². The summed E-state index contributed by atoms with van der Waals surface area (Å²) in [7, 11) is -2.57. The van der Waals surface area contributed by atoms with E-state index in [0.717, 1.165) is 19.3 Å². The van der Waals surface area contributed by atoms with Crippen LogP contribution in [-0.2, 0) is 13.9 Å². The van der Waals surface area contributed by atoms with Crippen LogP contribution in [0.4, 0.5) is 0 Å². The van der Waals surface area contributed by atoms with Crippen LogP contribution in [0.5, 0.6) is 0 Å². The van der Waals surface area contributed by atoms with Gasteiger partial charge >= 0.3 is 0 Å². The van der Waals surface area contributed by atoms with Gasteiger partial charge in [-0.1, -0.05) is 81.4 Å². The molecule has 0 spiro atoms. The lowest BCUT2D eigenvalue weighted by Crippen LogP contribution is -2.66. The first-order valence-electron chi connectivity index (χ1n) is 12.6. The van der Waals surface area contributed by atoms with Crippen molar-refractivity contribution >= 4 is 18.7 Å². The van der Waals surface area contributed by atoms with Gasteiger partial charge in [-0.2, -0.15) is 0 Å². The van der Waals surface area contributed by atoms with Gasteiger partial charge < -0.3 is 24.1 Å². The average Bonchev–Trinajstić information content (AvgIpc) is 3.20. The lowest BCUT2D eigenvalue weighted by molar-refractivity contribution is -0.185. The molecule has 0 aliphatic carbocycles. The van der Waals surface area contributed by atoms with Gasteiger partial charge in [0, 0.05) is 19.6 Å². The zero-order valence-electron chi connectivity index (χ0n) is 20.8. The van der Waals surface area contributed by atoms with Gasteiger partial charge in [-0.25, -0.2) is 0 Å². The van der Waals surface area contributed by atoms with E-state index in [-0.39, 0.29) is 36.6 Å². The van der Waals surface area contributed by atoms with Crippen LogP contribution in [0.25, 0.3) is 0 Å². The second-order valence-electron chi connectivity index (χ2n) is 10.8. The zero-order chi connectivity index (χ0) is 24.2. The zero-order valence-corrected chi connectivity index (χ0v) is 21.8. The Labute approximate surface area is 205 Å². The lowest BCUT2D eigenvalue weighted by atomic mass is 9.86. The van der Waals surface area contributed by atoms with Crippen LogP contribution in [0.2, 0.25) is 5.04 Å². The number of aliphatic hydroxyl groups excluding tert-OH is 2. The molecule has 0 amide bonds. The van der Waals surface area contributed by atoms with Crippen LogP contribution in [0, 0.1) is 0 Å². The SMILES string of the molecule is CC(C)(C)[Si](OCCC1CCC2OC(CCO)CC2(CO)O1)(c1ccccc1)c1ccccc1. The third kappa shape index (κ3) is 4.90. The molecule has 2 N–H and O–H groups in total. The van der Waals surface area contributed by atoms with Crippen molar-refractivity contribution in [3.8, 4) is 0 Å². The molecule has 4 atom stereocenters. The number of rotatable bonds is 9. The normalized spacial score (nSPS) is 27.5. The third-order valence-electron chi connectivity index (χ3n) is 7.56. The van der Waals surface area contributed by atoms with Gasteiger partial charge in [0.15, 0.2) is 0 Å². The van der Waals surface area contributed by atoms with Crippen molar-refractivity contribution in [2.24, 2.45) is 0 Å². The first-order chi connectivity index (χ1) is 16.3. The highest BCUT2D eigenvalue weighted by Crippen LogP contribution is 2.43. The molecule has 5 nitrogen and oxygen atoms in total. The number of hydrogen-bond donors (Lipinski definition) is 2. The highest BCUT2D eigenvalue weighted by molar-refractivity contribution is 6.99. The number of ether oxygens (including phenoxy) is 2. The fraction of sp³-hybridized carbons (Fsp3) is 0.571. The van der Waals surface area contributed by atoms with Crippen LogP contribution in [-0.4, -0.2) is 62.3 Å². The largest absolute Gasteiger partial charge is 0.407 e. The number of aliphatic hydroxyl groups is 2. The maximum atomic E-state index is 10.2. The highest BCUT2D eigenvalue weighted by atomic mass is 28.4. The van der Waals surface area contributed by atoms with E-state index in [1.54, 1.807) is 0 Å². The topological polar surface area (TPSA) is 68.2 Å². The summed E-state index contributed by atoms with van der Waals surface area (Å²) in [5.41, 5.74) is -0.653. The molecule has 2 saturated heterocycles. The van der Waals surface area contributed by atoms with Crippen LogP contribution >= 0.6 is 0 Å². The molecule has 6 heteroatoms. The summed E-state index contributed by atoms with van der Waals surface area (Å²) >= 11 is 0. The van der Waals surface area contributed by atoms with Gasteiger partial charge in [0.1, 0.15) is 5.60 Å². The van der Waals surface area contributed by atoms with E-state index >= 15 is 0 Å². The fourth-order valence-electron chi connectivity index (χ4n) is 5.93. The van der Waals surface area contributed by atoms with Crippen LogP contribution in [0.1, 0.15) is 52.9 Å². The molecule has 0 saturated carbocycles. The summed E-state index contributed by atoms with van der Waals surface area (Å²) in [5, 5.41) is 22.0. The standard InChI is InChI=1S/C28H40O5Si/c1-27(2,3)34(24-10-6-4-7-11-24,25-12-8-5-9-13-25)31-19-17-22-14-15-26-28(21-30,33-22)20-23(32-26)16-18-29/h4-13,22-23,26,29-30H,14-21H2,1-3H3. The fourth-order valence-corrected chi connectivity index (χ4v) is 10.5. The summed E-state index contributed by atoms with van der Waals surface area (Å²) in [4.78, 5) is 0. The summed E-state index contributed by atoms with van der Waals surface area (Å²) in [6, 6.07) is 21.4. The van der Waals surface area contributed by atoms with Gasteiger partial charge in [0.25, 0.3) is 8.32 Å². The minimum Gasteiger partial charge on any atom is -0.407 e. The maximum absolute atomic E-state index is 10.2. The van der Waals surface area contributed by atoms with E-state index in [4.69, 9.17) is 13.9 Å². The number of benzene rings is 2. The summed E-state index contributed by atoms with van der Waals surface area (Å²) in [6.07, 6.45) is 3.65. The predicted octanol–water partition coefficient (Wildman–Crippen LogP) is 3.40. The minimum atomic E-state index is -2.57. The summed E-state index contributed by atoms with van der Waals surface area (Å²) in [6.45, 7) is 7.52. The number of hydrogen-bond acceptors (Lipinski definition) is 5. The Bertz CT molecular complexity index is 861. The second kappa shape index (κ2) is 10.6. The van der Waals surface area contributed by atoms with E-state index in [1.165, 1.54) is 10.4 Å². The maximum Gasteiger partial charge on any atom is 0.261 e. The molecule has 34 heavy (non-hydrogen) atoms. The van der Waals surface area contributed by atoms with Crippen LogP contribution in [0.15, 0.2) is 60.7 Å². The Hall–Kier alpha value is -1.54. The van der Waals surface area contributed by atoms with Gasteiger partial charge in [0.05, 0.1) is 24.9 Å². The van der Waals surface area contributed by atoms with Gasteiger partial charge in [-0.05, 0) is 41.1 Å². The van der Waals surface area contributed by atoms with Crippen molar-refractivity contribution in [2.75, 3.05) is 19.8 Å². The Kier molecular flexibility index (Phi) is 7.97. The molecule has 2 fully saturated rings. The molecule has 0 bridgehead atoms. The quantitative estimate of drug-likeness (QED) is 0.534. The van der Waals surface area contributed by atoms with E-state index in [0.29, 0.717) is 19.4 Å². The van der Waals surface area contributed by atoms with Crippen molar-refractivity contribution in [3.05, 3.63) is 60.7 Å². The molecule has 4 unspecified atom stereocenters. The molecule has 4 rings (SSSR count). The molecule has 186 valence electrons. The summed E-state index contributed by atoms with van der Waals surface area (Å²) in [5.74, 6) is 0. The average molecular weight is 485 g/mol. The smallest absolute Gasteiger partial charge is 0.261 e. The molecule has 0 aromatic heterocycles. The van der Waals surface area contributed by atoms with Gasteiger partial charge in [-0.3, -0.25) is 0 Å². The first kappa shape index (κ1) is 25.5. The van der Waals surface area contributed by atoms with Crippen molar-refractivity contribution in [1.82, 2.24) is 0 Å². The van der Waals surface area contributed by atoms with Crippen molar-refractivity contribution in [2.45, 2.75) is 81.8 Å². The van der Waals surface area contributed by atoms with Crippen molar-refractivity contribution in [1.29, 1.82) is 0 Å². The Morgan fingerprint density at radius 2 is 1.53 bits per heavy atom. The van der Waals surface area contributed by atoms with Crippen LogP contribution in [0.3, 0.4) is 0 Å². The number of fused-ring (bicyclic) bond motifs is 1. The molecule has 2 aromatic carbocycles. The molecule has 2 aromatic rings. The molecule has 2 heterocycles. The molecule has 0 radical (unpaired) electrons. The summed E-state index contributed by atoms with van der Waals surface area (Å²) < 4.78 is 19.7. The molecular formula is C28H40O5Si. The van der Waals surface area contributed by atoms with Crippen molar-refractivity contribution in [3.63, 3.8) is 0 Å². The monoisotopic (exact) mass is 484 g/mol. The Morgan fingerprint density at radius 3 is 2.06 bits per heavy atom. The van der Waals surface area contributed by atoms with Gasteiger partial charge in [-0.15, -0.1) is 0 Å². The highest BCUT2D eigenvalue weighted by Gasteiger charge is 2.53. The van der Waals surface area contributed by atoms with E-state index < -0.39 is 13.9 Å². The predicted molar refractivity (Wildman–Crippen MR) is 137 cm³/mol. The minimum absolute atomic E-state index is 0.0260.